The van der Waals surface area contributed by atoms with Crippen molar-refractivity contribution in [2.45, 2.75) is 4.33 Å². The number of para-hydroxylation sites is 1. The number of nitrogens with zero attached hydrogens (tertiary/aromatic N) is 3. The lowest BCUT2D eigenvalue weighted by Gasteiger charge is -2.38. The maximum atomic E-state index is 14.0. The standard InChI is InChI=1S/C26H18ClN3O5S2/c1-33-25(32)23-28-30(19-10-8-17(27)9-11-19)26(37-23)29(18-5-3-2-4-6-18)24(31)22(36-26)14-16-7-12-20-21(13-16)35-15-34-20/h2-14H,15H2,1H3/b22-14-/t26-/m1/s1. The molecule has 3 aromatic rings. The van der Waals surface area contributed by atoms with E-state index in [1.807, 2.05) is 48.5 Å². The van der Waals surface area contributed by atoms with Crippen LogP contribution in [0.3, 0.4) is 0 Å². The molecule has 1 fully saturated rings. The Kier molecular flexibility index (Phi) is 6.02. The Labute approximate surface area is 225 Å². The van der Waals surface area contributed by atoms with Crippen molar-refractivity contribution < 1.29 is 23.8 Å². The van der Waals surface area contributed by atoms with Crippen LogP contribution < -0.4 is 19.4 Å². The number of carbonyl (C=O) groups is 2. The summed E-state index contributed by atoms with van der Waals surface area (Å²) < 4.78 is 14.7. The van der Waals surface area contributed by atoms with Crippen LogP contribution in [-0.2, 0) is 14.3 Å². The molecule has 6 rings (SSSR count). The van der Waals surface area contributed by atoms with E-state index < -0.39 is 10.3 Å². The highest BCUT2D eigenvalue weighted by Gasteiger charge is 2.60. The van der Waals surface area contributed by atoms with Gasteiger partial charge in [-0.3, -0.25) is 9.69 Å². The lowest BCUT2D eigenvalue weighted by molar-refractivity contribution is -0.132. The summed E-state index contributed by atoms with van der Waals surface area (Å²) >= 11 is 8.59. The number of methoxy groups -OCH3 is 1. The molecule has 186 valence electrons. The van der Waals surface area contributed by atoms with Crippen LogP contribution >= 0.6 is 35.1 Å². The molecule has 1 amide bonds. The first-order valence-electron chi connectivity index (χ1n) is 11.1. The molecule has 1 atom stereocenters. The SMILES string of the molecule is COC(=O)C1=NN(c2ccc(Cl)cc2)[C@@]2(S1)S/C(=C\c1ccc3c(c1)OCO3)C(=O)N2c1ccccc1. The minimum absolute atomic E-state index is 0.128. The van der Waals surface area contributed by atoms with E-state index >= 15 is 0 Å². The van der Waals surface area contributed by atoms with Crippen molar-refractivity contribution in [1.29, 1.82) is 0 Å². The highest BCUT2D eigenvalue weighted by Crippen LogP contribution is 2.59. The summed E-state index contributed by atoms with van der Waals surface area (Å²) in [5.41, 5.74) is 2.09. The second-order valence-electron chi connectivity index (χ2n) is 8.03. The van der Waals surface area contributed by atoms with Gasteiger partial charge >= 0.3 is 5.97 Å². The zero-order valence-electron chi connectivity index (χ0n) is 19.3. The first-order valence-corrected chi connectivity index (χ1v) is 13.1. The van der Waals surface area contributed by atoms with Crippen LogP contribution in [0.5, 0.6) is 11.5 Å². The van der Waals surface area contributed by atoms with E-state index in [9.17, 15) is 9.59 Å². The minimum Gasteiger partial charge on any atom is -0.464 e. The first kappa shape index (κ1) is 23.8. The predicted molar refractivity (Wildman–Crippen MR) is 146 cm³/mol. The second-order valence-corrected chi connectivity index (χ2v) is 11.1. The Morgan fingerprint density at radius 3 is 2.54 bits per heavy atom. The summed E-state index contributed by atoms with van der Waals surface area (Å²) in [4.78, 5) is 28.8. The number of carbonyl (C=O) groups excluding carboxylic acids is 2. The average Bonchev–Trinajstić information content (AvgIpc) is 3.61. The van der Waals surface area contributed by atoms with Gasteiger partial charge in [-0.05, 0) is 71.9 Å². The number of benzene rings is 3. The molecule has 0 radical (unpaired) electrons. The lowest BCUT2D eigenvalue weighted by atomic mass is 10.2. The molecule has 3 aliphatic rings. The number of ether oxygens (including phenoxy) is 3. The molecule has 3 heterocycles. The zero-order valence-corrected chi connectivity index (χ0v) is 21.7. The van der Waals surface area contributed by atoms with Gasteiger partial charge in [0.2, 0.25) is 16.2 Å². The van der Waals surface area contributed by atoms with Gasteiger partial charge in [-0.25, -0.2) is 9.80 Å². The van der Waals surface area contributed by atoms with Crippen LogP contribution in [0.2, 0.25) is 5.02 Å². The average molecular weight is 552 g/mol. The van der Waals surface area contributed by atoms with Crippen molar-refractivity contribution in [3.05, 3.63) is 88.3 Å². The summed E-state index contributed by atoms with van der Waals surface area (Å²) in [5, 5.41) is 6.96. The number of esters is 1. The fourth-order valence-electron chi connectivity index (χ4n) is 4.10. The molecule has 0 aliphatic carbocycles. The molecule has 8 nitrogen and oxygen atoms in total. The largest absolute Gasteiger partial charge is 0.464 e. The molecule has 0 unspecified atom stereocenters. The van der Waals surface area contributed by atoms with Gasteiger partial charge in [0, 0.05) is 10.7 Å². The second kappa shape index (κ2) is 9.37. The molecule has 1 saturated heterocycles. The number of halogens is 1. The molecule has 1 spiro atoms. The summed E-state index contributed by atoms with van der Waals surface area (Å²) in [6.07, 6.45) is 1.80. The van der Waals surface area contributed by atoms with E-state index in [0.29, 0.717) is 32.8 Å². The molecule has 3 aliphatic heterocycles. The molecule has 37 heavy (non-hydrogen) atoms. The molecule has 0 bridgehead atoms. The van der Waals surface area contributed by atoms with Gasteiger partial charge in [-0.1, -0.05) is 47.6 Å². The number of hydrogen-bond acceptors (Lipinski definition) is 9. The highest BCUT2D eigenvalue weighted by molar-refractivity contribution is 8.29. The lowest BCUT2D eigenvalue weighted by Crippen LogP contribution is -2.51. The number of rotatable bonds is 4. The van der Waals surface area contributed by atoms with Crippen molar-refractivity contribution in [3.63, 3.8) is 0 Å². The number of anilines is 2. The Hall–Kier alpha value is -3.60. The van der Waals surface area contributed by atoms with Gasteiger partial charge in [0.05, 0.1) is 17.7 Å². The third-order valence-corrected chi connectivity index (χ3v) is 8.72. The summed E-state index contributed by atoms with van der Waals surface area (Å²) in [6, 6.07) is 21.8. The monoisotopic (exact) mass is 551 g/mol. The quantitative estimate of drug-likeness (QED) is 0.309. The van der Waals surface area contributed by atoms with E-state index in [1.165, 1.54) is 18.9 Å². The van der Waals surface area contributed by atoms with E-state index in [-0.39, 0.29) is 17.7 Å². The fourth-order valence-corrected chi connectivity index (χ4v) is 7.12. The molecular formula is C26H18ClN3O5S2. The molecule has 11 heteroatoms. The van der Waals surface area contributed by atoms with E-state index in [4.69, 9.17) is 25.8 Å². The van der Waals surface area contributed by atoms with Crippen molar-refractivity contribution in [1.82, 2.24) is 0 Å². The Balaban J connectivity index is 1.49. The highest BCUT2D eigenvalue weighted by atomic mass is 35.5. The Bertz CT molecular complexity index is 1460. The topological polar surface area (TPSA) is 80.7 Å². The Morgan fingerprint density at radius 2 is 1.78 bits per heavy atom. The van der Waals surface area contributed by atoms with Crippen molar-refractivity contribution in [2.75, 3.05) is 23.8 Å². The van der Waals surface area contributed by atoms with Gasteiger partial charge in [0.25, 0.3) is 5.91 Å². The number of hydrogen-bond donors (Lipinski definition) is 0. The fraction of sp³-hybridized carbons (Fsp3) is 0.115. The first-order chi connectivity index (χ1) is 18.0. The third-order valence-electron chi connectivity index (χ3n) is 5.77. The molecular weight excluding hydrogens is 534 g/mol. The normalized spacial score (nSPS) is 21.2. The maximum absolute atomic E-state index is 14.0. The Morgan fingerprint density at radius 1 is 1.03 bits per heavy atom. The number of fused-ring (bicyclic) bond motifs is 1. The van der Waals surface area contributed by atoms with Gasteiger partial charge in [-0.2, -0.15) is 5.10 Å². The summed E-state index contributed by atoms with van der Waals surface area (Å²) in [7, 11) is 1.30. The van der Waals surface area contributed by atoms with E-state index in [2.05, 4.69) is 5.10 Å². The van der Waals surface area contributed by atoms with Crippen molar-refractivity contribution in [3.8, 4) is 11.5 Å². The molecule has 3 aromatic carbocycles. The van der Waals surface area contributed by atoms with Crippen molar-refractivity contribution >= 4 is 69.5 Å². The molecule has 0 saturated carbocycles. The van der Waals surface area contributed by atoms with E-state index in [0.717, 1.165) is 17.3 Å². The molecule has 0 N–H and O–H groups in total. The van der Waals surface area contributed by atoms with Crippen LogP contribution in [0.15, 0.2) is 82.8 Å². The van der Waals surface area contributed by atoms with E-state index in [1.54, 1.807) is 40.3 Å². The van der Waals surface area contributed by atoms with Crippen molar-refractivity contribution in [2.24, 2.45) is 5.10 Å². The maximum Gasteiger partial charge on any atom is 0.365 e. The van der Waals surface area contributed by atoms with Gasteiger partial charge in [0.15, 0.2) is 11.5 Å². The molecule has 0 aromatic heterocycles. The predicted octanol–water partition coefficient (Wildman–Crippen LogP) is 5.54. The van der Waals surface area contributed by atoms with Crippen LogP contribution in [0, 0.1) is 0 Å². The third kappa shape index (κ3) is 4.11. The smallest absolute Gasteiger partial charge is 0.365 e. The van der Waals surface area contributed by atoms with Crippen LogP contribution in [0.1, 0.15) is 5.56 Å². The van der Waals surface area contributed by atoms with Gasteiger partial charge < -0.3 is 14.2 Å². The zero-order chi connectivity index (χ0) is 25.6. The van der Waals surface area contributed by atoms with Crippen LogP contribution in [0.25, 0.3) is 6.08 Å². The number of thioether (sulfide) groups is 2. The van der Waals surface area contributed by atoms with Gasteiger partial charge in [-0.15, -0.1) is 0 Å². The summed E-state index contributed by atoms with van der Waals surface area (Å²) in [5.74, 6) is 0.455. The number of hydrazone groups is 1. The van der Waals surface area contributed by atoms with Gasteiger partial charge in [0.1, 0.15) is 0 Å². The van der Waals surface area contributed by atoms with Crippen LogP contribution in [-0.4, -0.2) is 35.1 Å². The number of amides is 1. The summed E-state index contributed by atoms with van der Waals surface area (Å²) in [6.45, 7) is 0.161. The minimum atomic E-state index is -1.17. The van der Waals surface area contributed by atoms with Crippen LogP contribution in [0.4, 0.5) is 11.4 Å².